The molecule has 1 aromatic rings. The summed E-state index contributed by atoms with van der Waals surface area (Å²) in [7, 11) is -4.30. The minimum absolute atomic E-state index is 0.482. The number of nitrogens with zero attached hydrogens (tertiary/aromatic N) is 1. The molecule has 2 N–H and O–H groups in total. The summed E-state index contributed by atoms with van der Waals surface area (Å²) in [6.07, 6.45) is 1.11. The first-order valence-electron chi connectivity index (χ1n) is 5.11. The quantitative estimate of drug-likeness (QED) is 0.821. The Labute approximate surface area is 104 Å². The SMILES string of the molecule is CC(C)[C@H](NS(=O)(=O)c1ncccc1F)C(=O)O. The Kier molecular flexibility index (Phi) is 4.36. The molecule has 0 aliphatic heterocycles. The second-order valence-electron chi connectivity index (χ2n) is 3.97. The predicted octanol–water partition coefficient (Wildman–Crippen LogP) is 0.608. The largest absolute Gasteiger partial charge is 0.480 e. The van der Waals surface area contributed by atoms with Crippen molar-refractivity contribution >= 4 is 16.0 Å². The predicted molar refractivity (Wildman–Crippen MR) is 60.8 cm³/mol. The Morgan fingerprint density at radius 3 is 2.56 bits per heavy atom. The normalized spacial score (nSPS) is 13.6. The Bertz CT molecular complexity index is 545. The Morgan fingerprint density at radius 2 is 2.11 bits per heavy atom. The third-order valence-corrected chi connectivity index (χ3v) is 3.57. The van der Waals surface area contributed by atoms with Crippen LogP contribution in [-0.2, 0) is 14.8 Å². The summed E-state index contributed by atoms with van der Waals surface area (Å²) in [6, 6.07) is 0.842. The van der Waals surface area contributed by atoms with Crippen molar-refractivity contribution in [2.24, 2.45) is 5.92 Å². The molecule has 0 aromatic carbocycles. The molecular weight excluding hydrogens is 263 g/mol. The monoisotopic (exact) mass is 276 g/mol. The van der Waals surface area contributed by atoms with Gasteiger partial charge in [-0.2, -0.15) is 4.72 Å². The number of aliphatic carboxylic acids is 1. The summed E-state index contributed by atoms with van der Waals surface area (Å²) in [4.78, 5) is 14.3. The van der Waals surface area contributed by atoms with E-state index in [0.29, 0.717) is 0 Å². The molecule has 100 valence electrons. The van der Waals surface area contributed by atoms with E-state index in [-0.39, 0.29) is 0 Å². The number of hydrogen-bond donors (Lipinski definition) is 2. The van der Waals surface area contributed by atoms with Crippen molar-refractivity contribution in [3.63, 3.8) is 0 Å². The van der Waals surface area contributed by atoms with Crippen LogP contribution in [0, 0.1) is 11.7 Å². The van der Waals surface area contributed by atoms with Crippen molar-refractivity contribution in [2.75, 3.05) is 0 Å². The number of halogens is 1. The molecular formula is C10H13FN2O4S. The van der Waals surface area contributed by atoms with Crippen LogP contribution in [0.3, 0.4) is 0 Å². The van der Waals surface area contributed by atoms with Crippen LogP contribution in [0.15, 0.2) is 23.4 Å². The Balaban J connectivity index is 3.09. The van der Waals surface area contributed by atoms with Gasteiger partial charge in [0, 0.05) is 6.20 Å². The first kappa shape index (κ1) is 14.5. The smallest absolute Gasteiger partial charge is 0.322 e. The highest BCUT2D eigenvalue weighted by Gasteiger charge is 2.30. The van der Waals surface area contributed by atoms with Gasteiger partial charge in [0.05, 0.1) is 0 Å². The first-order valence-corrected chi connectivity index (χ1v) is 6.59. The summed E-state index contributed by atoms with van der Waals surface area (Å²) >= 11 is 0. The zero-order valence-corrected chi connectivity index (χ0v) is 10.6. The van der Waals surface area contributed by atoms with E-state index in [1.807, 2.05) is 4.72 Å². The highest BCUT2D eigenvalue weighted by Crippen LogP contribution is 2.12. The molecule has 1 atom stereocenters. The summed E-state index contributed by atoms with van der Waals surface area (Å²) < 4.78 is 38.8. The molecule has 0 saturated heterocycles. The van der Waals surface area contributed by atoms with Crippen LogP contribution in [0.1, 0.15) is 13.8 Å². The van der Waals surface area contributed by atoms with Gasteiger partial charge in [0.15, 0.2) is 5.82 Å². The van der Waals surface area contributed by atoms with Gasteiger partial charge in [-0.3, -0.25) is 4.79 Å². The van der Waals surface area contributed by atoms with Gasteiger partial charge in [-0.15, -0.1) is 0 Å². The van der Waals surface area contributed by atoms with Crippen LogP contribution in [0.5, 0.6) is 0 Å². The van der Waals surface area contributed by atoms with E-state index in [4.69, 9.17) is 5.11 Å². The number of carboxylic acid groups (broad SMARTS) is 1. The van der Waals surface area contributed by atoms with Gasteiger partial charge >= 0.3 is 5.97 Å². The second kappa shape index (κ2) is 5.40. The Morgan fingerprint density at radius 1 is 1.50 bits per heavy atom. The number of sulfonamides is 1. The molecule has 0 radical (unpaired) electrons. The molecule has 18 heavy (non-hydrogen) atoms. The molecule has 0 unspecified atom stereocenters. The number of pyridine rings is 1. The van der Waals surface area contributed by atoms with Gasteiger partial charge in [0.2, 0.25) is 5.03 Å². The molecule has 1 aromatic heterocycles. The van der Waals surface area contributed by atoms with Gasteiger partial charge in [-0.25, -0.2) is 17.8 Å². The van der Waals surface area contributed by atoms with Crippen LogP contribution in [-0.4, -0.2) is 30.5 Å². The van der Waals surface area contributed by atoms with E-state index < -0.39 is 38.8 Å². The lowest BCUT2D eigenvalue weighted by atomic mass is 10.1. The molecule has 0 fully saturated rings. The van der Waals surface area contributed by atoms with Crippen LogP contribution in [0.25, 0.3) is 0 Å². The van der Waals surface area contributed by atoms with Gasteiger partial charge in [-0.1, -0.05) is 13.8 Å². The summed E-state index contributed by atoms with van der Waals surface area (Å²) in [5.41, 5.74) is 0. The van der Waals surface area contributed by atoms with Crippen molar-refractivity contribution in [3.05, 3.63) is 24.1 Å². The second-order valence-corrected chi connectivity index (χ2v) is 5.60. The number of carbonyl (C=O) groups is 1. The first-order chi connectivity index (χ1) is 8.25. The highest BCUT2D eigenvalue weighted by molar-refractivity contribution is 7.89. The summed E-state index contributed by atoms with van der Waals surface area (Å²) in [5, 5.41) is 8.07. The lowest BCUT2D eigenvalue weighted by Crippen LogP contribution is -2.44. The number of nitrogens with one attached hydrogen (secondary N) is 1. The molecule has 0 amide bonds. The van der Waals surface area contributed by atoms with Gasteiger partial charge in [0.25, 0.3) is 10.0 Å². The van der Waals surface area contributed by atoms with E-state index in [2.05, 4.69) is 4.98 Å². The zero-order chi connectivity index (χ0) is 13.9. The lowest BCUT2D eigenvalue weighted by molar-refractivity contribution is -0.140. The van der Waals surface area contributed by atoms with Crippen LogP contribution in [0.2, 0.25) is 0 Å². The van der Waals surface area contributed by atoms with E-state index in [9.17, 15) is 17.6 Å². The Hall–Kier alpha value is -1.54. The van der Waals surface area contributed by atoms with E-state index >= 15 is 0 Å². The molecule has 0 aliphatic rings. The number of hydrogen-bond acceptors (Lipinski definition) is 4. The number of rotatable bonds is 5. The van der Waals surface area contributed by atoms with Crippen molar-refractivity contribution in [1.82, 2.24) is 9.71 Å². The van der Waals surface area contributed by atoms with Gasteiger partial charge in [-0.05, 0) is 18.1 Å². The average molecular weight is 276 g/mol. The number of aromatic nitrogens is 1. The average Bonchev–Trinajstić information content (AvgIpc) is 2.25. The third-order valence-electron chi connectivity index (χ3n) is 2.19. The fraction of sp³-hybridized carbons (Fsp3) is 0.400. The molecule has 0 aliphatic carbocycles. The number of carboxylic acids is 1. The van der Waals surface area contributed by atoms with Crippen molar-refractivity contribution in [1.29, 1.82) is 0 Å². The minimum Gasteiger partial charge on any atom is -0.480 e. The molecule has 6 nitrogen and oxygen atoms in total. The maximum Gasteiger partial charge on any atom is 0.322 e. The van der Waals surface area contributed by atoms with Crippen LogP contribution in [0.4, 0.5) is 4.39 Å². The van der Waals surface area contributed by atoms with Crippen molar-refractivity contribution in [3.8, 4) is 0 Å². The van der Waals surface area contributed by atoms with Gasteiger partial charge < -0.3 is 5.11 Å². The molecule has 0 bridgehead atoms. The highest BCUT2D eigenvalue weighted by atomic mass is 32.2. The lowest BCUT2D eigenvalue weighted by Gasteiger charge is -2.17. The summed E-state index contributed by atoms with van der Waals surface area (Å²) in [6.45, 7) is 3.08. The summed E-state index contributed by atoms with van der Waals surface area (Å²) in [5.74, 6) is -2.84. The maximum atomic E-state index is 13.3. The topological polar surface area (TPSA) is 96.4 Å². The van der Waals surface area contributed by atoms with E-state index in [1.54, 1.807) is 0 Å². The molecule has 1 rings (SSSR count). The van der Waals surface area contributed by atoms with Crippen LogP contribution < -0.4 is 4.72 Å². The molecule has 0 spiro atoms. The van der Waals surface area contributed by atoms with Crippen molar-refractivity contribution in [2.45, 2.75) is 24.9 Å². The fourth-order valence-corrected chi connectivity index (χ4v) is 2.61. The maximum absolute atomic E-state index is 13.3. The third kappa shape index (κ3) is 3.23. The zero-order valence-electron chi connectivity index (χ0n) is 9.79. The van der Waals surface area contributed by atoms with Crippen molar-refractivity contribution < 1.29 is 22.7 Å². The van der Waals surface area contributed by atoms with E-state index in [0.717, 1.165) is 12.3 Å². The molecule has 0 saturated carbocycles. The van der Waals surface area contributed by atoms with Crippen LogP contribution >= 0.6 is 0 Å². The molecule has 1 heterocycles. The van der Waals surface area contributed by atoms with Gasteiger partial charge in [0.1, 0.15) is 6.04 Å². The standard InChI is InChI=1S/C10H13FN2O4S/c1-6(2)8(10(14)15)13-18(16,17)9-7(11)4-3-5-12-9/h3-6,8,13H,1-2H3,(H,14,15)/t8-/m0/s1. The fourth-order valence-electron chi connectivity index (χ4n) is 1.26. The van der Waals surface area contributed by atoms with E-state index in [1.165, 1.54) is 19.9 Å². The minimum atomic E-state index is -4.30. The molecule has 8 heteroatoms.